The first-order valence-electron chi connectivity index (χ1n) is 26.7. The highest BCUT2D eigenvalue weighted by atomic mass is 32.2. The van der Waals surface area contributed by atoms with E-state index in [9.17, 15) is 35.5 Å². The van der Waals surface area contributed by atoms with Crippen LogP contribution in [0.25, 0.3) is 5.57 Å². The minimum Gasteiger partial charge on any atom is -0.497 e. The van der Waals surface area contributed by atoms with Crippen molar-refractivity contribution in [2.24, 2.45) is 0 Å². The number of alkyl carbamates (subject to hydrolysis) is 1. The molecule has 2 aliphatic heterocycles. The Kier molecular flexibility index (Phi) is 20.0. The Morgan fingerprint density at radius 1 is 0.737 bits per heavy atom. The number of anilines is 1. The first-order valence-corrected chi connectivity index (χ1v) is 29.9. The molecule has 0 bridgehead atoms. The molecule has 0 aromatic heterocycles. The molecule has 0 atom stereocenters. The molecule has 1 aliphatic carbocycles. The molecule has 3 aromatic carbocycles. The van der Waals surface area contributed by atoms with E-state index in [-0.39, 0.29) is 17.4 Å². The highest BCUT2D eigenvalue weighted by molar-refractivity contribution is 7.86. The third kappa shape index (κ3) is 16.1. The Morgan fingerprint density at radius 2 is 1.37 bits per heavy atom. The molecule has 414 valence electrons. The lowest BCUT2D eigenvalue weighted by Gasteiger charge is -2.28. The number of benzene rings is 3. The highest BCUT2D eigenvalue weighted by Gasteiger charge is 2.45. The number of methoxy groups -OCH3 is 2. The van der Waals surface area contributed by atoms with E-state index >= 15 is 0 Å². The third-order valence-corrected chi connectivity index (χ3v) is 16.0. The van der Waals surface area contributed by atoms with Gasteiger partial charge in [-0.2, -0.15) is 21.4 Å². The van der Waals surface area contributed by atoms with E-state index in [2.05, 4.69) is 121 Å². The van der Waals surface area contributed by atoms with E-state index in [1.807, 2.05) is 32.9 Å². The maximum atomic E-state index is 13.0. The van der Waals surface area contributed by atoms with Crippen LogP contribution >= 0.6 is 0 Å². The average Bonchev–Trinajstić information content (AvgIpc) is 3.69. The summed E-state index contributed by atoms with van der Waals surface area (Å²) in [6, 6.07) is 20.6. The summed E-state index contributed by atoms with van der Waals surface area (Å²) >= 11 is 0. The SMILES string of the molecule is COc1ccc2c(c1)C(C)(C)C(/C=C/C1=C(c3ccc(CCC(=O)NCCCCCNC(=O)OC(C)(C)C)cc3)C(=C/C=C3/N(CCCCS(=O)(=O)O)c4ccc(OC)cc4C3(C)C)/CCC1)=[N+]2CCCCS(=O)(=O)O. The predicted octanol–water partition coefficient (Wildman–Crippen LogP) is 11.0. The van der Waals surface area contributed by atoms with Crippen LogP contribution < -0.4 is 25.0 Å². The van der Waals surface area contributed by atoms with Crippen molar-refractivity contribution in [2.75, 3.05) is 56.8 Å². The second kappa shape index (κ2) is 25.6. The zero-order chi connectivity index (χ0) is 55.5. The van der Waals surface area contributed by atoms with Gasteiger partial charge in [0.1, 0.15) is 23.6 Å². The van der Waals surface area contributed by atoms with Crippen LogP contribution in [0.5, 0.6) is 11.5 Å². The van der Waals surface area contributed by atoms with Crippen LogP contribution in [0.15, 0.2) is 102 Å². The van der Waals surface area contributed by atoms with E-state index in [1.54, 1.807) is 14.2 Å². The number of nitrogens with zero attached hydrogens (tertiary/aromatic N) is 2. The summed E-state index contributed by atoms with van der Waals surface area (Å²) in [7, 11) is -4.89. The highest BCUT2D eigenvalue weighted by Crippen LogP contribution is 2.50. The lowest BCUT2D eigenvalue weighted by atomic mass is 9.79. The van der Waals surface area contributed by atoms with Gasteiger partial charge >= 0.3 is 6.09 Å². The number of amides is 2. The fourth-order valence-electron chi connectivity index (χ4n) is 10.5. The number of nitrogens with one attached hydrogen (secondary N) is 2. The molecule has 0 unspecified atom stereocenters. The van der Waals surface area contributed by atoms with Crippen molar-refractivity contribution < 1.29 is 54.3 Å². The molecule has 17 heteroatoms. The molecule has 0 spiro atoms. The smallest absolute Gasteiger partial charge is 0.407 e. The van der Waals surface area contributed by atoms with Crippen molar-refractivity contribution in [3.63, 3.8) is 0 Å². The number of ether oxygens (including phenoxy) is 3. The first-order chi connectivity index (χ1) is 35.8. The van der Waals surface area contributed by atoms with Gasteiger partial charge in [-0.25, -0.2) is 4.79 Å². The maximum Gasteiger partial charge on any atom is 0.407 e. The molecule has 0 radical (unpaired) electrons. The van der Waals surface area contributed by atoms with Gasteiger partial charge < -0.3 is 29.7 Å². The van der Waals surface area contributed by atoms with E-state index in [0.29, 0.717) is 64.7 Å². The summed E-state index contributed by atoms with van der Waals surface area (Å²) < 4.78 is 84.5. The summed E-state index contributed by atoms with van der Waals surface area (Å²) in [5, 5.41) is 5.82. The average molecular weight is 1090 g/mol. The summed E-state index contributed by atoms with van der Waals surface area (Å²) in [5.41, 5.74) is 10.5. The quantitative estimate of drug-likeness (QED) is 0.0356. The van der Waals surface area contributed by atoms with Crippen molar-refractivity contribution in [2.45, 2.75) is 142 Å². The largest absolute Gasteiger partial charge is 0.497 e. The van der Waals surface area contributed by atoms with Crippen molar-refractivity contribution in [1.29, 1.82) is 0 Å². The number of unbranched alkanes of at least 4 members (excludes halogenated alkanes) is 4. The molecule has 76 heavy (non-hydrogen) atoms. The maximum absolute atomic E-state index is 13.0. The van der Waals surface area contributed by atoms with Gasteiger partial charge in [0.15, 0.2) is 5.71 Å². The fraction of sp³-hybridized carbons (Fsp3) is 0.508. The molecule has 6 rings (SSSR count). The minimum atomic E-state index is -4.10. The Morgan fingerprint density at radius 3 is 2.01 bits per heavy atom. The van der Waals surface area contributed by atoms with Crippen LogP contribution in [-0.4, -0.2) is 106 Å². The number of fused-ring (bicyclic) bond motifs is 2. The summed E-state index contributed by atoms with van der Waals surface area (Å²) in [5.74, 6) is 0.870. The Bertz CT molecular complexity index is 2960. The molecule has 4 N–H and O–H groups in total. The normalized spacial score (nSPS) is 17.4. The zero-order valence-electron chi connectivity index (χ0n) is 46.1. The van der Waals surface area contributed by atoms with E-state index in [4.69, 9.17) is 14.2 Å². The number of hydrogen-bond acceptors (Lipinski definition) is 10. The Hall–Kier alpha value is -5.75. The fourth-order valence-corrected chi connectivity index (χ4v) is 11.6. The van der Waals surface area contributed by atoms with Crippen molar-refractivity contribution >= 4 is 54.9 Å². The molecule has 2 amide bonds. The molecule has 15 nitrogen and oxygen atoms in total. The number of aryl methyl sites for hydroxylation is 1. The molecular weight excluding hydrogens is 1000 g/mol. The molecule has 3 aliphatic rings. The minimum absolute atomic E-state index is 0.0139. The lowest BCUT2D eigenvalue weighted by Crippen LogP contribution is -2.33. The molecular formula is C59H81N4O11S2+. The van der Waals surface area contributed by atoms with Gasteiger partial charge in [-0.05, 0) is 169 Å². The van der Waals surface area contributed by atoms with E-state index in [1.165, 1.54) is 0 Å². The van der Waals surface area contributed by atoms with Gasteiger partial charge in [0.25, 0.3) is 20.2 Å². The third-order valence-electron chi connectivity index (χ3n) is 14.4. The second-order valence-electron chi connectivity index (χ2n) is 22.1. The van der Waals surface area contributed by atoms with Gasteiger partial charge in [-0.1, -0.05) is 50.3 Å². The molecule has 3 aromatic rings. The zero-order valence-corrected chi connectivity index (χ0v) is 47.7. The molecule has 0 fully saturated rings. The van der Waals surface area contributed by atoms with E-state index < -0.39 is 42.8 Å². The van der Waals surface area contributed by atoms with Crippen molar-refractivity contribution in [3.05, 3.63) is 124 Å². The first kappa shape index (κ1) is 59.5. The van der Waals surface area contributed by atoms with Crippen molar-refractivity contribution in [1.82, 2.24) is 10.6 Å². The van der Waals surface area contributed by atoms with Gasteiger partial charge in [0.05, 0.1) is 31.1 Å². The van der Waals surface area contributed by atoms with Crippen LogP contribution in [0.3, 0.4) is 0 Å². The number of allylic oxidation sites excluding steroid dienone is 8. The van der Waals surface area contributed by atoms with Crippen molar-refractivity contribution in [3.8, 4) is 11.5 Å². The van der Waals surface area contributed by atoms with Gasteiger partial charge in [-0.15, -0.1) is 0 Å². The van der Waals surface area contributed by atoms with Gasteiger partial charge in [0.2, 0.25) is 11.6 Å². The van der Waals surface area contributed by atoms with E-state index in [0.717, 1.165) is 112 Å². The summed E-state index contributed by atoms with van der Waals surface area (Å²) in [6.45, 7) is 16.4. The topological polar surface area (TPSA) is 201 Å². The molecule has 0 saturated carbocycles. The number of carbonyl (C=O) groups is 2. The Labute approximate surface area is 452 Å². The number of carbonyl (C=O) groups excluding carboxylic acids is 2. The summed E-state index contributed by atoms with van der Waals surface area (Å²) in [4.78, 5) is 27.1. The predicted molar refractivity (Wildman–Crippen MR) is 302 cm³/mol. The standard InChI is InChI=1S/C59H80N4O11S2/c1-57(2,3)74-56(65)61-35-12-10-11-34-60-54(64)33-22-42-20-23-45(24-21-42)55-43(25-31-52-58(4,5)48-40-46(72-8)27-29-50(48)62(52)36-13-15-38-75(66,67)68)18-17-19-44(55)26-32-53-59(6,7)49-41-47(73-9)28-30-51(49)63(53)37-14-16-39-76(69,70)71/h20-21,23-32,40-41H,10-19,22,33-39H2,1-9H3,(H3-,60,61,64,65,66,67,68,69,70,71)/p+1. The van der Waals surface area contributed by atoms with Crippen LogP contribution in [0.1, 0.15) is 141 Å². The van der Waals surface area contributed by atoms with Gasteiger partial charge in [0, 0.05) is 67.0 Å². The van der Waals surface area contributed by atoms with Crippen LogP contribution in [0.4, 0.5) is 16.2 Å². The molecule has 2 heterocycles. The Balaban J connectivity index is 1.32. The van der Waals surface area contributed by atoms with Crippen LogP contribution in [0.2, 0.25) is 0 Å². The van der Waals surface area contributed by atoms with Gasteiger partial charge in [-0.3, -0.25) is 13.9 Å². The molecule has 0 saturated heterocycles. The van der Waals surface area contributed by atoms with Crippen LogP contribution in [-0.2, 0) is 47.0 Å². The number of rotatable bonds is 25. The second-order valence-corrected chi connectivity index (χ2v) is 25.2. The number of hydrogen-bond donors (Lipinski definition) is 4. The monoisotopic (exact) mass is 1090 g/mol. The van der Waals surface area contributed by atoms with Crippen LogP contribution in [0, 0.1) is 0 Å². The lowest BCUT2D eigenvalue weighted by molar-refractivity contribution is -0.438. The summed E-state index contributed by atoms with van der Waals surface area (Å²) in [6.07, 6.45) is 16.1.